The molecule has 0 bridgehead atoms. The van der Waals surface area contributed by atoms with E-state index in [4.69, 9.17) is 9.84 Å². The molecule has 0 saturated carbocycles. The molecule has 1 amide bonds. The molecule has 0 spiro atoms. The van der Waals surface area contributed by atoms with E-state index in [1.54, 1.807) is 0 Å². The van der Waals surface area contributed by atoms with E-state index in [-0.39, 0.29) is 48.2 Å². The zero-order chi connectivity index (χ0) is 15.6. The van der Waals surface area contributed by atoms with Crippen molar-refractivity contribution in [1.82, 2.24) is 0 Å². The average Bonchev–Trinajstić information content (AvgIpc) is 2.45. The predicted molar refractivity (Wildman–Crippen MR) is 76.6 cm³/mol. The van der Waals surface area contributed by atoms with Crippen LogP contribution in [0.4, 0.5) is 17.1 Å². The van der Waals surface area contributed by atoms with Crippen molar-refractivity contribution in [2.45, 2.75) is 19.9 Å². The number of nitro groups is 1. The highest BCUT2D eigenvalue weighted by atomic mass is 16.6. The van der Waals surface area contributed by atoms with Gasteiger partial charge in [0.25, 0.3) is 11.6 Å². The normalized spacial score (nSPS) is 16.2. The van der Waals surface area contributed by atoms with Crippen LogP contribution >= 0.6 is 0 Å². The summed E-state index contributed by atoms with van der Waals surface area (Å²) in [5, 5.41) is 25.9. The highest BCUT2D eigenvalue weighted by Crippen LogP contribution is 2.38. The molecule has 8 heteroatoms. The number of aliphatic hydroxyl groups is 1. The van der Waals surface area contributed by atoms with E-state index >= 15 is 0 Å². The average molecular weight is 295 g/mol. The van der Waals surface area contributed by atoms with Crippen LogP contribution in [0, 0.1) is 16.0 Å². The second-order valence-corrected chi connectivity index (χ2v) is 5.05. The van der Waals surface area contributed by atoms with Crippen LogP contribution in [-0.2, 0) is 4.79 Å². The molecular weight excluding hydrogens is 278 g/mol. The number of anilines is 2. The number of hydrogen-bond acceptors (Lipinski definition) is 6. The molecular formula is C13H17N3O5. The Morgan fingerprint density at radius 1 is 1.52 bits per heavy atom. The first-order chi connectivity index (χ1) is 9.92. The van der Waals surface area contributed by atoms with Crippen molar-refractivity contribution in [2.75, 3.05) is 23.8 Å². The smallest absolute Gasteiger partial charge is 0.296 e. The fraction of sp³-hybridized carbons (Fsp3) is 0.462. The van der Waals surface area contributed by atoms with Crippen molar-refractivity contribution in [3.63, 3.8) is 0 Å². The first-order valence-electron chi connectivity index (χ1n) is 6.55. The Morgan fingerprint density at radius 2 is 2.24 bits per heavy atom. The van der Waals surface area contributed by atoms with E-state index in [0.717, 1.165) is 0 Å². The van der Waals surface area contributed by atoms with Gasteiger partial charge in [-0.1, -0.05) is 6.92 Å². The molecule has 1 aromatic carbocycles. The van der Waals surface area contributed by atoms with Crippen LogP contribution in [0.3, 0.4) is 0 Å². The van der Waals surface area contributed by atoms with Crippen LogP contribution < -0.4 is 15.4 Å². The standard InChI is InChI=1S/C13H17N3O5/c1-7(5-17)8(2)14-9-3-10-12(4-11(9)16(19)20)21-6-13(18)15-10/h3-4,7-8,14,17H,5-6H2,1-2H3,(H,15,18). The predicted octanol–water partition coefficient (Wildman–Crippen LogP) is 1.35. The quantitative estimate of drug-likeness (QED) is 0.558. The molecule has 1 aliphatic rings. The van der Waals surface area contributed by atoms with Gasteiger partial charge in [-0.3, -0.25) is 14.9 Å². The van der Waals surface area contributed by atoms with Crippen LogP contribution in [0.1, 0.15) is 13.8 Å². The SMILES string of the molecule is CC(CO)C(C)Nc1cc2c(cc1[N+](=O)[O-])OCC(=O)N2. The van der Waals surface area contributed by atoms with Gasteiger partial charge >= 0.3 is 0 Å². The van der Waals surface area contributed by atoms with Crippen LogP contribution in [-0.4, -0.2) is 35.2 Å². The van der Waals surface area contributed by atoms with Gasteiger partial charge in [0.05, 0.1) is 16.7 Å². The van der Waals surface area contributed by atoms with Crippen molar-refractivity contribution in [3.05, 3.63) is 22.2 Å². The van der Waals surface area contributed by atoms with Gasteiger partial charge in [0.2, 0.25) is 0 Å². The highest BCUT2D eigenvalue weighted by Gasteiger charge is 2.25. The zero-order valence-electron chi connectivity index (χ0n) is 11.8. The number of benzene rings is 1. The first kappa shape index (κ1) is 15.0. The number of carbonyl (C=O) groups is 1. The Labute approximate surface area is 121 Å². The van der Waals surface area contributed by atoms with E-state index in [2.05, 4.69) is 10.6 Å². The van der Waals surface area contributed by atoms with Crippen molar-refractivity contribution >= 4 is 23.0 Å². The van der Waals surface area contributed by atoms with Gasteiger partial charge in [0.1, 0.15) is 5.69 Å². The number of nitro benzene ring substituents is 1. The van der Waals surface area contributed by atoms with E-state index in [1.807, 2.05) is 13.8 Å². The molecule has 2 atom stereocenters. The van der Waals surface area contributed by atoms with Gasteiger partial charge in [-0.2, -0.15) is 0 Å². The third-order valence-electron chi connectivity index (χ3n) is 3.45. The lowest BCUT2D eigenvalue weighted by Gasteiger charge is -2.23. The second kappa shape index (κ2) is 5.96. The molecule has 2 rings (SSSR count). The molecule has 0 fully saturated rings. The maximum atomic E-state index is 11.3. The number of rotatable bonds is 5. The summed E-state index contributed by atoms with van der Waals surface area (Å²) in [6.45, 7) is 3.45. The topological polar surface area (TPSA) is 114 Å². The van der Waals surface area contributed by atoms with Crippen LogP contribution in [0.15, 0.2) is 12.1 Å². The largest absolute Gasteiger partial charge is 0.481 e. The van der Waals surface area contributed by atoms with Crippen molar-refractivity contribution in [2.24, 2.45) is 5.92 Å². The Kier molecular flexibility index (Phi) is 4.27. The lowest BCUT2D eigenvalue weighted by Crippen LogP contribution is -2.28. The zero-order valence-corrected chi connectivity index (χ0v) is 11.8. The molecule has 0 aliphatic carbocycles. The number of amides is 1. The highest BCUT2D eigenvalue weighted by molar-refractivity contribution is 5.96. The monoisotopic (exact) mass is 295 g/mol. The molecule has 1 aliphatic heterocycles. The Morgan fingerprint density at radius 3 is 2.86 bits per heavy atom. The lowest BCUT2D eigenvalue weighted by molar-refractivity contribution is -0.384. The summed E-state index contributed by atoms with van der Waals surface area (Å²) in [4.78, 5) is 22.0. The van der Waals surface area contributed by atoms with Crippen molar-refractivity contribution in [3.8, 4) is 5.75 Å². The van der Waals surface area contributed by atoms with E-state index < -0.39 is 4.92 Å². The first-order valence-corrected chi connectivity index (χ1v) is 6.55. The van der Waals surface area contributed by atoms with Gasteiger partial charge in [-0.05, 0) is 18.9 Å². The number of hydrogen-bond donors (Lipinski definition) is 3. The van der Waals surface area contributed by atoms with Gasteiger partial charge in [-0.15, -0.1) is 0 Å². The van der Waals surface area contributed by atoms with Gasteiger partial charge < -0.3 is 20.5 Å². The van der Waals surface area contributed by atoms with E-state index in [0.29, 0.717) is 5.69 Å². The number of ether oxygens (including phenoxy) is 1. The number of nitrogens with one attached hydrogen (secondary N) is 2. The molecule has 8 nitrogen and oxygen atoms in total. The number of aliphatic hydroxyl groups excluding tert-OH is 1. The van der Waals surface area contributed by atoms with Crippen LogP contribution in [0.5, 0.6) is 5.75 Å². The summed E-state index contributed by atoms with van der Waals surface area (Å²) in [5.74, 6) is -0.111. The minimum Gasteiger partial charge on any atom is -0.481 e. The van der Waals surface area contributed by atoms with Crippen LogP contribution in [0.2, 0.25) is 0 Å². The molecule has 0 saturated heterocycles. The van der Waals surface area contributed by atoms with Gasteiger partial charge in [-0.25, -0.2) is 0 Å². The lowest BCUT2D eigenvalue weighted by atomic mass is 10.0. The fourth-order valence-corrected chi connectivity index (χ4v) is 1.93. The molecule has 2 unspecified atom stereocenters. The third-order valence-corrected chi connectivity index (χ3v) is 3.45. The van der Waals surface area contributed by atoms with Gasteiger partial charge in [0.15, 0.2) is 12.4 Å². The van der Waals surface area contributed by atoms with E-state index in [1.165, 1.54) is 12.1 Å². The molecule has 0 radical (unpaired) electrons. The third kappa shape index (κ3) is 3.22. The Hall–Kier alpha value is -2.35. The summed E-state index contributed by atoms with van der Waals surface area (Å²) in [7, 11) is 0. The molecule has 0 aromatic heterocycles. The summed E-state index contributed by atoms with van der Waals surface area (Å²) in [6.07, 6.45) is 0. The Balaban J connectivity index is 2.36. The minimum absolute atomic E-state index is 0.0350. The van der Waals surface area contributed by atoms with Gasteiger partial charge in [0, 0.05) is 12.6 Å². The minimum atomic E-state index is -0.515. The fourth-order valence-electron chi connectivity index (χ4n) is 1.93. The number of carbonyl (C=O) groups excluding carboxylic acids is 1. The maximum Gasteiger partial charge on any atom is 0.296 e. The summed E-state index contributed by atoms with van der Waals surface area (Å²) >= 11 is 0. The van der Waals surface area contributed by atoms with Crippen molar-refractivity contribution < 1.29 is 19.6 Å². The molecule has 1 heterocycles. The molecule has 114 valence electrons. The van der Waals surface area contributed by atoms with Crippen LogP contribution in [0.25, 0.3) is 0 Å². The Bertz CT molecular complexity index is 575. The molecule has 1 aromatic rings. The molecule has 3 N–H and O–H groups in total. The number of nitrogens with zero attached hydrogens (tertiary/aromatic N) is 1. The second-order valence-electron chi connectivity index (χ2n) is 5.05. The summed E-state index contributed by atoms with van der Waals surface area (Å²) < 4.78 is 5.17. The summed E-state index contributed by atoms with van der Waals surface area (Å²) in [5.41, 5.74) is 0.530. The van der Waals surface area contributed by atoms with E-state index in [9.17, 15) is 14.9 Å². The summed E-state index contributed by atoms with van der Waals surface area (Å²) in [6, 6.07) is 2.59. The molecule has 21 heavy (non-hydrogen) atoms. The van der Waals surface area contributed by atoms with Crippen molar-refractivity contribution in [1.29, 1.82) is 0 Å². The maximum absolute atomic E-state index is 11.3. The number of fused-ring (bicyclic) bond motifs is 1.